The number of furan rings is 1. The zero-order valence-corrected chi connectivity index (χ0v) is 9.99. The van der Waals surface area contributed by atoms with Crippen molar-refractivity contribution in [3.63, 3.8) is 0 Å². The molecule has 0 unspecified atom stereocenters. The van der Waals surface area contributed by atoms with Crippen LogP contribution in [0.3, 0.4) is 0 Å². The summed E-state index contributed by atoms with van der Waals surface area (Å²) in [4.78, 5) is 5.34. The zero-order valence-electron chi connectivity index (χ0n) is 9.18. The zero-order chi connectivity index (χ0) is 11.5. The van der Waals surface area contributed by atoms with E-state index >= 15 is 0 Å². The van der Waals surface area contributed by atoms with Crippen molar-refractivity contribution in [3.8, 4) is 0 Å². The van der Waals surface area contributed by atoms with Crippen molar-refractivity contribution >= 4 is 11.8 Å². The van der Waals surface area contributed by atoms with Crippen molar-refractivity contribution in [2.75, 3.05) is 0 Å². The van der Waals surface area contributed by atoms with Crippen LogP contribution in [0.5, 0.6) is 0 Å². The van der Waals surface area contributed by atoms with Gasteiger partial charge in [0, 0.05) is 6.20 Å². The molecule has 0 fully saturated rings. The van der Waals surface area contributed by atoms with Gasteiger partial charge in [-0.1, -0.05) is 17.8 Å². The summed E-state index contributed by atoms with van der Waals surface area (Å²) in [6, 6.07) is 5.71. The van der Waals surface area contributed by atoms with Gasteiger partial charge in [-0.2, -0.15) is 0 Å². The van der Waals surface area contributed by atoms with Gasteiger partial charge >= 0.3 is 0 Å². The molecule has 0 saturated heterocycles. The highest BCUT2D eigenvalue weighted by atomic mass is 32.2. The lowest BCUT2D eigenvalue weighted by Gasteiger charge is -2.04. The minimum atomic E-state index is -0.470. The van der Waals surface area contributed by atoms with Crippen molar-refractivity contribution in [2.45, 2.75) is 29.9 Å². The van der Waals surface area contributed by atoms with Crippen LogP contribution in [-0.4, -0.2) is 10.1 Å². The van der Waals surface area contributed by atoms with E-state index < -0.39 is 6.10 Å². The average Bonchev–Trinajstić information content (AvgIpc) is 2.65. The van der Waals surface area contributed by atoms with E-state index in [1.165, 1.54) is 0 Å². The summed E-state index contributed by atoms with van der Waals surface area (Å²) in [6.45, 7) is 3.65. The van der Waals surface area contributed by atoms with Crippen molar-refractivity contribution in [1.82, 2.24) is 4.98 Å². The predicted molar refractivity (Wildman–Crippen MR) is 62.4 cm³/mol. The lowest BCUT2D eigenvalue weighted by atomic mass is 10.2. The number of hydrogen-bond acceptors (Lipinski definition) is 4. The third-order valence-corrected chi connectivity index (χ3v) is 3.36. The van der Waals surface area contributed by atoms with E-state index in [1.807, 2.05) is 25.1 Å². The summed E-state index contributed by atoms with van der Waals surface area (Å²) >= 11 is 1.55. The van der Waals surface area contributed by atoms with Crippen LogP contribution in [-0.2, 0) is 0 Å². The minimum absolute atomic E-state index is 0.470. The number of rotatable bonds is 3. The summed E-state index contributed by atoms with van der Waals surface area (Å²) in [5, 5.41) is 10.3. The summed E-state index contributed by atoms with van der Waals surface area (Å²) < 4.78 is 5.21. The third kappa shape index (κ3) is 2.46. The largest absolute Gasteiger partial charge is 0.468 e. The molecular formula is C12H13NO2S. The summed E-state index contributed by atoms with van der Waals surface area (Å²) in [7, 11) is 0. The van der Waals surface area contributed by atoms with Gasteiger partial charge in [0.15, 0.2) is 0 Å². The van der Waals surface area contributed by atoms with E-state index in [0.29, 0.717) is 0 Å². The first-order chi connectivity index (χ1) is 7.66. The molecule has 2 heterocycles. The third-order valence-electron chi connectivity index (χ3n) is 2.27. The minimum Gasteiger partial charge on any atom is -0.468 e. The van der Waals surface area contributed by atoms with E-state index in [2.05, 4.69) is 4.98 Å². The van der Waals surface area contributed by atoms with Crippen LogP contribution in [0.1, 0.15) is 24.4 Å². The van der Waals surface area contributed by atoms with Crippen molar-refractivity contribution in [3.05, 3.63) is 42.0 Å². The predicted octanol–water partition coefficient (Wildman–Crippen LogP) is 3.19. The number of nitrogens with zero attached hydrogens (tertiary/aromatic N) is 1. The van der Waals surface area contributed by atoms with Crippen LogP contribution < -0.4 is 0 Å². The van der Waals surface area contributed by atoms with E-state index in [0.717, 1.165) is 21.2 Å². The molecule has 0 aliphatic carbocycles. The van der Waals surface area contributed by atoms with Gasteiger partial charge in [-0.15, -0.1) is 0 Å². The topological polar surface area (TPSA) is 46.3 Å². The fourth-order valence-corrected chi connectivity index (χ4v) is 2.07. The fourth-order valence-electron chi connectivity index (χ4n) is 1.29. The molecule has 2 rings (SSSR count). The van der Waals surface area contributed by atoms with Gasteiger partial charge in [0.25, 0.3) is 0 Å². The van der Waals surface area contributed by atoms with Gasteiger partial charge in [0.1, 0.15) is 10.8 Å². The number of aromatic nitrogens is 1. The highest BCUT2D eigenvalue weighted by Gasteiger charge is 2.06. The molecule has 1 atom stereocenters. The number of aryl methyl sites for hydroxylation is 1. The Morgan fingerprint density at radius 1 is 1.38 bits per heavy atom. The molecule has 84 valence electrons. The number of aliphatic hydroxyl groups excluding tert-OH is 1. The summed E-state index contributed by atoms with van der Waals surface area (Å²) in [6.07, 6.45) is 2.90. The first-order valence-electron chi connectivity index (χ1n) is 5.03. The van der Waals surface area contributed by atoms with E-state index in [1.54, 1.807) is 31.1 Å². The Balaban J connectivity index is 2.14. The molecule has 4 heteroatoms. The van der Waals surface area contributed by atoms with Crippen LogP contribution in [0.15, 0.2) is 45.0 Å². The Morgan fingerprint density at radius 2 is 2.19 bits per heavy atom. The summed E-state index contributed by atoms with van der Waals surface area (Å²) in [5.74, 6) is 0.895. The molecule has 2 aromatic heterocycles. The molecule has 0 bridgehead atoms. The maximum absolute atomic E-state index is 9.35. The van der Waals surface area contributed by atoms with Gasteiger partial charge in [-0.3, -0.25) is 0 Å². The first-order valence-corrected chi connectivity index (χ1v) is 5.84. The molecule has 0 spiro atoms. The fraction of sp³-hybridized carbons (Fsp3) is 0.250. The van der Waals surface area contributed by atoms with Gasteiger partial charge in [-0.25, -0.2) is 4.98 Å². The van der Waals surface area contributed by atoms with Crippen LogP contribution in [0.2, 0.25) is 0 Å². The molecule has 0 aliphatic heterocycles. The van der Waals surface area contributed by atoms with Gasteiger partial charge < -0.3 is 9.52 Å². The Kier molecular flexibility index (Phi) is 3.31. The number of aliphatic hydroxyl groups is 1. The van der Waals surface area contributed by atoms with Crippen molar-refractivity contribution in [1.29, 1.82) is 0 Å². The molecule has 0 radical (unpaired) electrons. The van der Waals surface area contributed by atoms with Crippen LogP contribution in [0, 0.1) is 6.92 Å². The maximum Gasteiger partial charge on any atom is 0.114 e. The van der Waals surface area contributed by atoms with Crippen LogP contribution in [0.4, 0.5) is 0 Å². The second-order valence-corrected chi connectivity index (χ2v) is 4.61. The molecule has 16 heavy (non-hydrogen) atoms. The number of hydrogen-bond donors (Lipinski definition) is 1. The Morgan fingerprint density at radius 3 is 2.69 bits per heavy atom. The lowest BCUT2D eigenvalue weighted by molar-refractivity contribution is 0.198. The monoisotopic (exact) mass is 235 g/mol. The van der Waals surface area contributed by atoms with Crippen molar-refractivity contribution < 1.29 is 9.52 Å². The molecule has 2 aromatic rings. The number of pyridine rings is 1. The Hall–Kier alpha value is -1.26. The normalized spacial score (nSPS) is 12.7. The van der Waals surface area contributed by atoms with Gasteiger partial charge in [-0.05, 0) is 31.5 Å². The molecule has 1 N–H and O–H groups in total. The van der Waals surface area contributed by atoms with Gasteiger partial charge in [0.2, 0.25) is 0 Å². The van der Waals surface area contributed by atoms with Crippen LogP contribution >= 0.6 is 11.8 Å². The highest BCUT2D eigenvalue weighted by Crippen LogP contribution is 2.29. The average molecular weight is 235 g/mol. The van der Waals surface area contributed by atoms with Crippen molar-refractivity contribution in [2.24, 2.45) is 0 Å². The Bertz CT molecular complexity index is 462. The van der Waals surface area contributed by atoms with Crippen LogP contribution in [0.25, 0.3) is 0 Å². The molecule has 0 aromatic carbocycles. The van der Waals surface area contributed by atoms with Gasteiger partial charge in [0.05, 0.1) is 17.3 Å². The maximum atomic E-state index is 9.35. The molecule has 0 aliphatic rings. The lowest BCUT2D eigenvalue weighted by Crippen LogP contribution is -1.92. The highest BCUT2D eigenvalue weighted by molar-refractivity contribution is 7.99. The smallest absolute Gasteiger partial charge is 0.114 e. The molecular weight excluding hydrogens is 222 g/mol. The Labute approximate surface area is 98.5 Å². The second-order valence-electron chi connectivity index (χ2n) is 3.55. The molecule has 3 nitrogen and oxygen atoms in total. The quantitative estimate of drug-likeness (QED) is 0.887. The second kappa shape index (κ2) is 4.72. The molecule has 0 saturated carbocycles. The van der Waals surface area contributed by atoms with E-state index in [-0.39, 0.29) is 0 Å². The summed E-state index contributed by atoms with van der Waals surface area (Å²) in [5.41, 5.74) is 0.827. The SMILES string of the molecule is Cc1occc1Sc1ccc([C@H](C)O)cn1. The molecule has 0 amide bonds. The van der Waals surface area contributed by atoms with E-state index in [9.17, 15) is 5.11 Å². The standard InChI is InChI=1S/C12H13NO2S/c1-8(14)10-3-4-12(13-7-10)16-11-5-6-15-9(11)2/h3-8,14H,1-2H3/t8-/m0/s1. The first kappa shape index (κ1) is 11.2. The van der Waals surface area contributed by atoms with E-state index in [4.69, 9.17) is 4.42 Å².